The first-order valence-electron chi connectivity index (χ1n) is 8.83. The molecule has 0 fully saturated rings. The number of hydrogen-bond donors (Lipinski definition) is 1. The van der Waals surface area contributed by atoms with Gasteiger partial charge in [0.2, 0.25) is 0 Å². The van der Waals surface area contributed by atoms with Gasteiger partial charge in [-0.05, 0) is 30.3 Å². The highest BCUT2D eigenvalue weighted by atomic mass is 79.9. The van der Waals surface area contributed by atoms with E-state index in [0.29, 0.717) is 22.2 Å². The van der Waals surface area contributed by atoms with E-state index in [2.05, 4.69) is 26.2 Å². The number of aromatic nitrogens is 1. The van der Waals surface area contributed by atoms with Crippen LogP contribution in [0, 0.1) is 10.1 Å². The van der Waals surface area contributed by atoms with Gasteiger partial charge in [-0.1, -0.05) is 57.9 Å². The average molecular weight is 483 g/mol. The molecule has 0 aliphatic rings. The third-order valence-electron chi connectivity index (χ3n) is 4.51. The van der Waals surface area contributed by atoms with Crippen molar-refractivity contribution in [3.05, 3.63) is 98.0 Å². The second-order valence-corrected chi connectivity index (χ2v) is 7.78. The number of nitrogens with one attached hydrogen (secondary N) is 1. The van der Waals surface area contributed by atoms with Crippen LogP contribution < -0.4 is 5.32 Å². The second kappa shape index (κ2) is 8.22. The molecule has 0 atom stereocenters. The van der Waals surface area contributed by atoms with Gasteiger partial charge in [0.25, 0.3) is 11.6 Å². The molecule has 0 spiro atoms. The number of carbonyl (C=O) groups excluding carboxylic acids is 1. The van der Waals surface area contributed by atoms with E-state index in [1.54, 1.807) is 12.1 Å². The zero-order valence-corrected chi connectivity index (χ0v) is 17.6. The number of nitro benzene ring substituents is 1. The van der Waals surface area contributed by atoms with Crippen LogP contribution in [0.1, 0.15) is 10.4 Å². The normalized spacial score (nSPS) is 10.7. The summed E-state index contributed by atoms with van der Waals surface area (Å²) in [6, 6.07) is 20.5. The number of anilines is 1. The minimum atomic E-state index is -0.542. The Balaban J connectivity index is 1.79. The van der Waals surface area contributed by atoms with Crippen molar-refractivity contribution in [2.75, 3.05) is 5.32 Å². The number of nitrogens with zero attached hydrogens (tertiary/aromatic N) is 2. The molecular formula is C22H13BrClN3O3. The lowest BCUT2D eigenvalue weighted by molar-refractivity contribution is -0.384. The molecule has 3 aromatic carbocycles. The highest BCUT2D eigenvalue weighted by molar-refractivity contribution is 9.10. The molecule has 4 rings (SSSR count). The van der Waals surface area contributed by atoms with Gasteiger partial charge in [0.1, 0.15) is 0 Å². The van der Waals surface area contributed by atoms with Gasteiger partial charge in [0.05, 0.1) is 32.4 Å². The Morgan fingerprint density at radius 3 is 2.50 bits per heavy atom. The SMILES string of the molecule is O=C(Nc1cc([N+](=O)[O-])ccc1Cl)c1cc(-c2ccc(Br)cc2)nc2ccccc12. The predicted octanol–water partition coefficient (Wildman–Crippen LogP) is 6.48. The molecule has 4 aromatic rings. The van der Waals surface area contributed by atoms with Crippen LogP contribution in [-0.2, 0) is 0 Å². The Labute approximate surface area is 184 Å². The zero-order valence-electron chi connectivity index (χ0n) is 15.3. The summed E-state index contributed by atoms with van der Waals surface area (Å²) >= 11 is 9.55. The number of fused-ring (bicyclic) bond motifs is 1. The van der Waals surface area contributed by atoms with E-state index in [9.17, 15) is 14.9 Å². The van der Waals surface area contributed by atoms with E-state index in [4.69, 9.17) is 11.6 Å². The number of pyridine rings is 1. The van der Waals surface area contributed by atoms with Crippen molar-refractivity contribution in [3.8, 4) is 11.3 Å². The Hall–Kier alpha value is -3.29. The Morgan fingerprint density at radius 1 is 1.03 bits per heavy atom. The number of amides is 1. The maximum atomic E-state index is 13.1. The van der Waals surface area contributed by atoms with Crippen LogP contribution in [0.3, 0.4) is 0 Å². The molecule has 0 aliphatic carbocycles. The highest BCUT2D eigenvalue weighted by Crippen LogP contribution is 2.30. The van der Waals surface area contributed by atoms with Crippen molar-refractivity contribution in [1.82, 2.24) is 4.98 Å². The van der Waals surface area contributed by atoms with Gasteiger partial charge in [-0.3, -0.25) is 14.9 Å². The van der Waals surface area contributed by atoms with Gasteiger partial charge in [0, 0.05) is 27.6 Å². The van der Waals surface area contributed by atoms with Crippen molar-refractivity contribution in [2.24, 2.45) is 0 Å². The fourth-order valence-electron chi connectivity index (χ4n) is 3.04. The molecule has 1 amide bonds. The van der Waals surface area contributed by atoms with Crippen molar-refractivity contribution in [3.63, 3.8) is 0 Å². The van der Waals surface area contributed by atoms with E-state index in [0.717, 1.165) is 10.0 Å². The molecule has 0 aliphatic heterocycles. The van der Waals surface area contributed by atoms with E-state index in [-0.39, 0.29) is 16.4 Å². The molecule has 0 unspecified atom stereocenters. The maximum absolute atomic E-state index is 13.1. The van der Waals surface area contributed by atoms with E-state index in [1.165, 1.54) is 18.2 Å². The van der Waals surface area contributed by atoms with Crippen molar-refractivity contribution in [2.45, 2.75) is 0 Å². The third-order valence-corrected chi connectivity index (χ3v) is 5.37. The fraction of sp³-hybridized carbons (Fsp3) is 0. The summed E-state index contributed by atoms with van der Waals surface area (Å²) in [5, 5.41) is 14.6. The number of nitro groups is 1. The molecule has 0 saturated carbocycles. The highest BCUT2D eigenvalue weighted by Gasteiger charge is 2.17. The largest absolute Gasteiger partial charge is 0.320 e. The Morgan fingerprint density at radius 2 is 1.77 bits per heavy atom. The molecule has 148 valence electrons. The van der Waals surface area contributed by atoms with Crippen LogP contribution in [0.4, 0.5) is 11.4 Å². The first kappa shape index (κ1) is 20.0. The van der Waals surface area contributed by atoms with Crippen molar-refractivity contribution >= 4 is 55.7 Å². The monoisotopic (exact) mass is 481 g/mol. The number of carbonyl (C=O) groups is 1. The summed E-state index contributed by atoms with van der Waals surface area (Å²) in [4.78, 5) is 28.3. The Kier molecular flexibility index (Phi) is 5.48. The number of non-ortho nitro benzene ring substituents is 1. The Bertz CT molecular complexity index is 1290. The molecule has 8 heteroatoms. The topological polar surface area (TPSA) is 85.1 Å². The molecule has 1 N–H and O–H groups in total. The van der Waals surface area contributed by atoms with E-state index < -0.39 is 10.8 Å². The maximum Gasteiger partial charge on any atom is 0.271 e. The summed E-state index contributed by atoms with van der Waals surface area (Å²) in [7, 11) is 0. The van der Waals surface area contributed by atoms with Crippen LogP contribution in [-0.4, -0.2) is 15.8 Å². The lowest BCUT2D eigenvalue weighted by Gasteiger charge is -2.11. The van der Waals surface area contributed by atoms with Crippen molar-refractivity contribution < 1.29 is 9.72 Å². The number of para-hydroxylation sites is 1. The molecule has 30 heavy (non-hydrogen) atoms. The minimum Gasteiger partial charge on any atom is -0.320 e. The molecular weight excluding hydrogens is 470 g/mol. The first-order chi connectivity index (χ1) is 14.4. The van der Waals surface area contributed by atoms with Gasteiger partial charge < -0.3 is 5.32 Å². The molecule has 0 radical (unpaired) electrons. The summed E-state index contributed by atoms with van der Waals surface area (Å²) < 4.78 is 0.935. The van der Waals surface area contributed by atoms with Crippen LogP contribution in [0.5, 0.6) is 0 Å². The van der Waals surface area contributed by atoms with E-state index in [1.807, 2.05) is 42.5 Å². The molecule has 6 nitrogen and oxygen atoms in total. The number of hydrogen-bond acceptors (Lipinski definition) is 4. The summed E-state index contributed by atoms with van der Waals surface area (Å²) in [5.74, 6) is -0.436. The average Bonchev–Trinajstić information content (AvgIpc) is 2.74. The standard InChI is InChI=1S/C22H13BrClN3O3/c23-14-7-5-13(6-8-14)20-12-17(16-3-1-2-4-19(16)25-20)22(28)26-21-11-15(27(29)30)9-10-18(21)24/h1-12H,(H,26,28). The van der Waals surface area contributed by atoms with Gasteiger partial charge in [-0.2, -0.15) is 0 Å². The second-order valence-electron chi connectivity index (χ2n) is 6.45. The molecule has 1 heterocycles. The quantitative estimate of drug-likeness (QED) is 0.266. The third kappa shape index (κ3) is 4.03. The van der Waals surface area contributed by atoms with Crippen molar-refractivity contribution in [1.29, 1.82) is 0 Å². The number of benzene rings is 3. The van der Waals surface area contributed by atoms with Crippen LogP contribution in [0.15, 0.2) is 77.3 Å². The lowest BCUT2D eigenvalue weighted by Crippen LogP contribution is -2.13. The first-order valence-corrected chi connectivity index (χ1v) is 10.0. The number of rotatable bonds is 4. The van der Waals surface area contributed by atoms with Crippen LogP contribution in [0.25, 0.3) is 22.2 Å². The molecule has 0 bridgehead atoms. The summed E-state index contributed by atoms with van der Waals surface area (Å²) in [6.45, 7) is 0. The minimum absolute atomic E-state index is 0.162. The predicted molar refractivity (Wildman–Crippen MR) is 121 cm³/mol. The smallest absolute Gasteiger partial charge is 0.271 e. The number of halogens is 2. The van der Waals surface area contributed by atoms with Gasteiger partial charge in [-0.15, -0.1) is 0 Å². The fourth-order valence-corrected chi connectivity index (χ4v) is 3.47. The van der Waals surface area contributed by atoms with Crippen LogP contribution in [0.2, 0.25) is 5.02 Å². The lowest BCUT2D eigenvalue weighted by atomic mass is 10.0. The molecule has 1 aromatic heterocycles. The summed E-state index contributed by atoms with van der Waals surface area (Å²) in [6.07, 6.45) is 0. The van der Waals surface area contributed by atoms with Gasteiger partial charge >= 0.3 is 0 Å². The van der Waals surface area contributed by atoms with Crippen LogP contribution >= 0.6 is 27.5 Å². The zero-order chi connectivity index (χ0) is 21.3. The van der Waals surface area contributed by atoms with Gasteiger partial charge in [0.15, 0.2) is 0 Å². The van der Waals surface area contributed by atoms with Gasteiger partial charge in [-0.25, -0.2) is 4.98 Å². The van der Waals surface area contributed by atoms with E-state index >= 15 is 0 Å². The summed E-state index contributed by atoms with van der Waals surface area (Å²) in [5.41, 5.74) is 2.55. The molecule has 0 saturated heterocycles.